The summed E-state index contributed by atoms with van der Waals surface area (Å²) in [5.74, 6) is 1.31. The number of Topliss-reactive ketones (excluding diaryl/α,β-unsaturated/α-hetero) is 1. The number of ketones is 1. The van der Waals surface area contributed by atoms with Crippen molar-refractivity contribution >= 4 is 17.5 Å². The standard InChI is InChI=1S/C11H13NOS/c12-7-8-2-1-3-9(6-8)11-10(13)4-5-14-11/h1-3,6,11H,4-5,7,12H2. The average Bonchev–Trinajstić information content (AvgIpc) is 2.65. The molecule has 0 spiro atoms. The zero-order chi connectivity index (χ0) is 9.97. The van der Waals surface area contributed by atoms with Gasteiger partial charge in [-0.25, -0.2) is 0 Å². The van der Waals surface area contributed by atoms with Crippen LogP contribution in [0.5, 0.6) is 0 Å². The highest BCUT2D eigenvalue weighted by Gasteiger charge is 2.26. The Morgan fingerprint density at radius 1 is 1.50 bits per heavy atom. The smallest absolute Gasteiger partial charge is 0.151 e. The molecule has 2 N–H and O–H groups in total. The van der Waals surface area contributed by atoms with E-state index in [1.807, 2.05) is 24.3 Å². The van der Waals surface area contributed by atoms with E-state index < -0.39 is 0 Å². The Morgan fingerprint density at radius 2 is 2.36 bits per heavy atom. The van der Waals surface area contributed by atoms with Gasteiger partial charge in [-0.1, -0.05) is 24.3 Å². The summed E-state index contributed by atoms with van der Waals surface area (Å²) in [5.41, 5.74) is 7.77. The lowest BCUT2D eigenvalue weighted by molar-refractivity contribution is -0.117. The maximum atomic E-state index is 11.5. The second-order valence-corrected chi connectivity index (χ2v) is 4.63. The molecule has 1 saturated heterocycles. The molecule has 2 nitrogen and oxygen atoms in total. The van der Waals surface area contributed by atoms with Crippen LogP contribution in [-0.4, -0.2) is 11.5 Å². The van der Waals surface area contributed by atoms with E-state index in [0.717, 1.165) is 16.9 Å². The van der Waals surface area contributed by atoms with Gasteiger partial charge < -0.3 is 5.73 Å². The summed E-state index contributed by atoms with van der Waals surface area (Å²) < 4.78 is 0. The highest BCUT2D eigenvalue weighted by atomic mass is 32.2. The first-order valence-electron chi connectivity index (χ1n) is 4.74. The van der Waals surface area contributed by atoms with Gasteiger partial charge in [-0.3, -0.25) is 4.79 Å². The van der Waals surface area contributed by atoms with Crippen LogP contribution in [0.4, 0.5) is 0 Å². The van der Waals surface area contributed by atoms with Crippen molar-refractivity contribution in [1.82, 2.24) is 0 Å². The Bertz CT molecular complexity index is 351. The summed E-state index contributed by atoms with van der Waals surface area (Å²) in [6.07, 6.45) is 0.711. The molecular weight excluding hydrogens is 194 g/mol. The second-order valence-electron chi connectivity index (χ2n) is 3.42. The predicted octanol–water partition coefficient (Wildman–Crippen LogP) is 1.89. The summed E-state index contributed by atoms with van der Waals surface area (Å²) in [5, 5.41) is 0.0569. The van der Waals surface area contributed by atoms with Crippen molar-refractivity contribution in [3.05, 3.63) is 35.4 Å². The molecule has 14 heavy (non-hydrogen) atoms. The van der Waals surface area contributed by atoms with Crippen molar-refractivity contribution < 1.29 is 4.79 Å². The third kappa shape index (κ3) is 1.83. The Morgan fingerprint density at radius 3 is 3.00 bits per heavy atom. The quantitative estimate of drug-likeness (QED) is 0.805. The number of carbonyl (C=O) groups excluding carboxylic acids is 1. The molecule has 2 rings (SSSR count). The third-order valence-corrected chi connectivity index (χ3v) is 3.72. The van der Waals surface area contributed by atoms with Gasteiger partial charge in [-0.2, -0.15) is 0 Å². The van der Waals surface area contributed by atoms with Crippen LogP contribution in [0, 0.1) is 0 Å². The number of nitrogens with two attached hydrogens (primary N) is 1. The van der Waals surface area contributed by atoms with E-state index in [9.17, 15) is 4.79 Å². The number of rotatable bonds is 2. The zero-order valence-corrected chi connectivity index (χ0v) is 8.72. The Balaban J connectivity index is 2.26. The van der Waals surface area contributed by atoms with Gasteiger partial charge in [-0.15, -0.1) is 11.8 Å². The number of thioether (sulfide) groups is 1. The average molecular weight is 207 g/mol. The van der Waals surface area contributed by atoms with Gasteiger partial charge in [0.1, 0.15) is 0 Å². The van der Waals surface area contributed by atoms with Crippen LogP contribution >= 0.6 is 11.8 Å². The Kier molecular flexibility index (Phi) is 2.89. The van der Waals surface area contributed by atoms with Crippen LogP contribution in [0.15, 0.2) is 24.3 Å². The molecular formula is C11H13NOS. The maximum absolute atomic E-state index is 11.5. The second kappa shape index (κ2) is 4.15. The summed E-state index contributed by atoms with van der Waals surface area (Å²) >= 11 is 1.73. The lowest BCUT2D eigenvalue weighted by Crippen LogP contribution is -2.03. The fraction of sp³-hybridized carbons (Fsp3) is 0.364. The number of benzene rings is 1. The molecule has 1 aliphatic heterocycles. The van der Waals surface area contributed by atoms with Crippen LogP contribution < -0.4 is 5.73 Å². The molecule has 1 aromatic carbocycles. The molecule has 0 amide bonds. The van der Waals surface area contributed by atoms with E-state index in [4.69, 9.17) is 5.73 Å². The van der Waals surface area contributed by atoms with Crippen LogP contribution in [0.2, 0.25) is 0 Å². The van der Waals surface area contributed by atoms with E-state index in [2.05, 4.69) is 0 Å². The molecule has 0 aromatic heterocycles. The molecule has 1 fully saturated rings. The largest absolute Gasteiger partial charge is 0.326 e. The highest BCUT2D eigenvalue weighted by Crippen LogP contribution is 2.37. The molecule has 0 radical (unpaired) electrons. The fourth-order valence-corrected chi connectivity index (χ4v) is 2.86. The van der Waals surface area contributed by atoms with Gasteiger partial charge in [0.05, 0.1) is 5.25 Å². The lowest BCUT2D eigenvalue weighted by atomic mass is 10.0. The van der Waals surface area contributed by atoms with Crippen molar-refractivity contribution in [2.75, 3.05) is 5.75 Å². The minimum absolute atomic E-state index is 0.0569. The lowest BCUT2D eigenvalue weighted by Gasteiger charge is -2.08. The first-order valence-corrected chi connectivity index (χ1v) is 5.79. The van der Waals surface area contributed by atoms with Gasteiger partial charge in [0.25, 0.3) is 0 Å². The third-order valence-electron chi connectivity index (χ3n) is 2.41. The molecule has 1 heterocycles. The number of hydrogen-bond donors (Lipinski definition) is 1. The molecule has 74 valence electrons. The first kappa shape index (κ1) is 9.74. The van der Waals surface area contributed by atoms with Crippen molar-refractivity contribution in [2.45, 2.75) is 18.2 Å². The van der Waals surface area contributed by atoms with Crippen LogP contribution in [0.3, 0.4) is 0 Å². The summed E-state index contributed by atoms with van der Waals surface area (Å²) in [6, 6.07) is 8.03. The molecule has 1 unspecified atom stereocenters. The van der Waals surface area contributed by atoms with E-state index >= 15 is 0 Å². The minimum atomic E-state index is 0.0569. The number of hydrogen-bond acceptors (Lipinski definition) is 3. The molecule has 3 heteroatoms. The van der Waals surface area contributed by atoms with Crippen LogP contribution in [0.25, 0.3) is 0 Å². The molecule has 0 saturated carbocycles. The van der Waals surface area contributed by atoms with E-state index in [1.165, 1.54) is 0 Å². The first-order chi connectivity index (χ1) is 6.81. The van der Waals surface area contributed by atoms with Gasteiger partial charge in [-0.05, 0) is 11.1 Å². The molecule has 0 bridgehead atoms. The minimum Gasteiger partial charge on any atom is -0.326 e. The summed E-state index contributed by atoms with van der Waals surface area (Å²) in [7, 11) is 0. The zero-order valence-electron chi connectivity index (χ0n) is 7.90. The Labute approximate surface area is 87.9 Å². The molecule has 0 aliphatic carbocycles. The molecule has 1 atom stereocenters. The van der Waals surface area contributed by atoms with Gasteiger partial charge >= 0.3 is 0 Å². The summed E-state index contributed by atoms with van der Waals surface area (Å²) in [6.45, 7) is 0.541. The normalized spacial score (nSPS) is 21.5. The van der Waals surface area contributed by atoms with Crippen LogP contribution in [0.1, 0.15) is 22.8 Å². The predicted molar refractivity (Wildman–Crippen MR) is 59.2 cm³/mol. The Hall–Kier alpha value is -0.800. The number of carbonyl (C=O) groups is 1. The maximum Gasteiger partial charge on any atom is 0.151 e. The van der Waals surface area contributed by atoms with Gasteiger partial charge in [0.15, 0.2) is 5.78 Å². The topological polar surface area (TPSA) is 43.1 Å². The summed E-state index contributed by atoms with van der Waals surface area (Å²) in [4.78, 5) is 11.5. The van der Waals surface area contributed by atoms with E-state index in [1.54, 1.807) is 11.8 Å². The van der Waals surface area contributed by atoms with E-state index in [-0.39, 0.29) is 5.25 Å². The van der Waals surface area contributed by atoms with Gasteiger partial charge in [0.2, 0.25) is 0 Å². The van der Waals surface area contributed by atoms with Gasteiger partial charge in [0, 0.05) is 18.7 Å². The van der Waals surface area contributed by atoms with E-state index in [0.29, 0.717) is 18.7 Å². The highest BCUT2D eigenvalue weighted by molar-refractivity contribution is 8.00. The monoisotopic (exact) mass is 207 g/mol. The van der Waals surface area contributed by atoms with Crippen LogP contribution in [-0.2, 0) is 11.3 Å². The van der Waals surface area contributed by atoms with Crippen molar-refractivity contribution in [3.63, 3.8) is 0 Å². The molecule has 1 aliphatic rings. The fourth-order valence-electron chi connectivity index (χ4n) is 1.67. The van der Waals surface area contributed by atoms with Crippen molar-refractivity contribution in [2.24, 2.45) is 5.73 Å². The molecule has 1 aromatic rings. The van der Waals surface area contributed by atoms with Crippen molar-refractivity contribution in [3.8, 4) is 0 Å². The SMILES string of the molecule is NCc1cccc(C2SCCC2=O)c1. The van der Waals surface area contributed by atoms with Crippen molar-refractivity contribution in [1.29, 1.82) is 0 Å².